The minimum absolute atomic E-state index is 0.413. The summed E-state index contributed by atoms with van der Waals surface area (Å²) >= 11 is 0. The van der Waals surface area contributed by atoms with Gasteiger partial charge < -0.3 is 9.84 Å². The van der Waals surface area contributed by atoms with Crippen LogP contribution in [0.25, 0.3) is 0 Å². The molecule has 1 aromatic rings. The van der Waals surface area contributed by atoms with Crippen molar-refractivity contribution < 1.29 is 9.84 Å². The Bertz CT molecular complexity index is 541. The van der Waals surface area contributed by atoms with Gasteiger partial charge in [-0.2, -0.15) is 5.10 Å². The molecule has 3 saturated carbocycles. The van der Waals surface area contributed by atoms with Crippen molar-refractivity contribution in [2.45, 2.75) is 57.6 Å². The van der Waals surface area contributed by atoms with Crippen molar-refractivity contribution in [3.8, 4) is 5.75 Å². The zero-order valence-electron chi connectivity index (χ0n) is 13.1. The van der Waals surface area contributed by atoms with E-state index >= 15 is 0 Å². The fourth-order valence-electron chi connectivity index (χ4n) is 5.72. The van der Waals surface area contributed by atoms with Gasteiger partial charge in [0.1, 0.15) is 11.3 Å². The molecule has 5 unspecified atom stereocenters. The number of methoxy groups -OCH3 is 1. The maximum Gasteiger partial charge on any atom is 0.162 e. The summed E-state index contributed by atoms with van der Waals surface area (Å²) < 4.78 is 7.52. The van der Waals surface area contributed by atoms with Crippen LogP contribution in [0.1, 0.15) is 51.1 Å². The molecule has 116 valence electrons. The Balaban J connectivity index is 1.75. The van der Waals surface area contributed by atoms with Crippen LogP contribution in [0, 0.1) is 23.7 Å². The van der Waals surface area contributed by atoms with Crippen LogP contribution in [0.15, 0.2) is 6.20 Å². The van der Waals surface area contributed by atoms with E-state index in [1.165, 1.54) is 25.7 Å². The van der Waals surface area contributed by atoms with Crippen molar-refractivity contribution in [2.75, 3.05) is 7.11 Å². The number of aliphatic hydroxyl groups is 1. The smallest absolute Gasteiger partial charge is 0.162 e. The lowest BCUT2D eigenvalue weighted by molar-refractivity contribution is -0.0593. The van der Waals surface area contributed by atoms with Crippen molar-refractivity contribution in [2.24, 2.45) is 23.7 Å². The number of aryl methyl sites for hydroxylation is 1. The highest BCUT2D eigenvalue weighted by Crippen LogP contribution is 2.65. The van der Waals surface area contributed by atoms with E-state index in [2.05, 4.69) is 12.0 Å². The Morgan fingerprint density at radius 2 is 2.24 bits per heavy atom. The van der Waals surface area contributed by atoms with Crippen LogP contribution >= 0.6 is 0 Å². The molecule has 3 aliphatic carbocycles. The van der Waals surface area contributed by atoms with Gasteiger partial charge in [-0.3, -0.25) is 4.68 Å². The first-order valence-corrected chi connectivity index (χ1v) is 8.51. The molecule has 0 aliphatic heterocycles. The van der Waals surface area contributed by atoms with Gasteiger partial charge in [-0.1, -0.05) is 13.3 Å². The number of aromatic nitrogens is 2. The number of rotatable bonds is 4. The fraction of sp³-hybridized carbons (Fsp3) is 0.824. The Labute approximate surface area is 126 Å². The van der Waals surface area contributed by atoms with Gasteiger partial charge in [-0.15, -0.1) is 0 Å². The molecular formula is C17H26N2O2. The van der Waals surface area contributed by atoms with E-state index in [0.29, 0.717) is 11.8 Å². The Morgan fingerprint density at radius 1 is 1.43 bits per heavy atom. The molecule has 4 rings (SSSR count). The molecule has 0 spiro atoms. The van der Waals surface area contributed by atoms with Gasteiger partial charge in [0, 0.05) is 6.54 Å². The average molecular weight is 290 g/mol. The van der Waals surface area contributed by atoms with E-state index in [1.54, 1.807) is 13.3 Å². The first-order chi connectivity index (χ1) is 10.2. The van der Waals surface area contributed by atoms with E-state index in [-0.39, 0.29) is 0 Å². The lowest BCUT2D eigenvalue weighted by atomic mass is 9.71. The maximum atomic E-state index is 11.6. The van der Waals surface area contributed by atoms with Gasteiger partial charge in [0.05, 0.1) is 13.3 Å². The highest BCUT2D eigenvalue weighted by Gasteiger charge is 2.62. The molecule has 2 bridgehead atoms. The van der Waals surface area contributed by atoms with Crippen LogP contribution in [-0.4, -0.2) is 22.0 Å². The van der Waals surface area contributed by atoms with Crippen LogP contribution in [0.5, 0.6) is 5.75 Å². The van der Waals surface area contributed by atoms with Crippen LogP contribution in [-0.2, 0) is 12.1 Å². The number of hydrogen-bond acceptors (Lipinski definition) is 3. The largest absolute Gasteiger partial charge is 0.493 e. The normalized spacial score (nSPS) is 40.7. The monoisotopic (exact) mass is 290 g/mol. The van der Waals surface area contributed by atoms with E-state index in [0.717, 1.165) is 42.7 Å². The average Bonchev–Trinajstić information content (AvgIpc) is 3.17. The molecule has 3 fully saturated rings. The van der Waals surface area contributed by atoms with Gasteiger partial charge >= 0.3 is 0 Å². The molecule has 4 nitrogen and oxygen atoms in total. The maximum absolute atomic E-state index is 11.6. The van der Waals surface area contributed by atoms with E-state index in [1.807, 2.05) is 4.68 Å². The lowest BCUT2D eigenvalue weighted by Crippen LogP contribution is -2.41. The molecule has 0 aromatic carbocycles. The standard InChI is InChI=1S/C17H26N2O2/c1-3-7-19-16(15(21-2)10-18-19)17(20)9-11-8-14(17)13-6-4-5-12(11)13/h10-14,20H,3-9H2,1-2H3. The van der Waals surface area contributed by atoms with Gasteiger partial charge in [0.15, 0.2) is 5.75 Å². The van der Waals surface area contributed by atoms with Crippen LogP contribution in [0.3, 0.4) is 0 Å². The highest BCUT2D eigenvalue weighted by molar-refractivity contribution is 5.34. The number of fused-ring (bicyclic) bond motifs is 5. The molecule has 0 saturated heterocycles. The summed E-state index contributed by atoms with van der Waals surface area (Å²) in [4.78, 5) is 0. The second-order valence-electron chi connectivity index (χ2n) is 7.27. The van der Waals surface area contributed by atoms with Crippen LogP contribution in [0.2, 0.25) is 0 Å². The summed E-state index contributed by atoms with van der Waals surface area (Å²) in [6.45, 7) is 3.00. The highest BCUT2D eigenvalue weighted by atomic mass is 16.5. The molecule has 5 atom stereocenters. The Morgan fingerprint density at radius 3 is 3.00 bits per heavy atom. The second kappa shape index (κ2) is 4.73. The summed E-state index contributed by atoms with van der Waals surface area (Å²) in [5.41, 5.74) is 0.234. The minimum atomic E-state index is -0.715. The first kappa shape index (κ1) is 13.6. The molecule has 21 heavy (non-hydrogen) atoms. The summed E-state index contributed by atoms with van der Waals surface area (Å²) in [6.07, 6.45) is 8.95. The molecule has 0 radical (unpaired) electrons. The third-order valence-electron chi connectivity index (χ3n) is 6.36. The molecule has 1 N–H and O–H groups in total. The van der Waals surface area contributed by atoms with Gasteiger partial charge in [-0.05, 0) is 55.8 Å². The molecule has 1 heterocycles. The van der Waals surface area contributed by atoms with Crippen LogP contribution in [0.4, 0.5) is 0 Å². The zero-order chi connectivity index (χ0) is 14.6. The minimum Gasteiger partial charge on any atom is -0.493 e. The first-order valence-electron chi connectivity index (χ1n) is 8.51. The fourth-order valence-corrected chi connectivity index (χ4v) is 5.72. The van der Waals surface area contributed by atoms with E-state index < -0.39 is 5.60 Å². The van der Waals surface area contributed by atoms with Crippen molar-refractivity contribution in [1.82, 2.24) is 9.78 Å². The molecule has 3 aliphatic rings. The van der Waals surface area contributed by atoms with Crippen LogP contribution < -0.4 is 4.74 Å². The Hall–Kier alpha value is -1.03. The summed E-state index contributed by atoms with van der Waals surface area (Å²) in [7, 11) is 1.69. The van der Waals surface area contributed by atoms with Gasteiger partial charge in [-0.25, -0.2) is 0 Å². The molecule has 1 aromatic heterocycles. The number of ether oxygens (including phenoxy) is 1. The second-order valence-corrected chi connectivity index (χ2v) is 7.27. The third-order valence-corrected chi connectivity index (χ3v) is 6.36. The third kappa shape index (κ3) is 1.74. The van der Waals surface area contributed by atoms with E-state index in [9.17, 15) is 5.11 Å². The summed E-state index contributed by atoms with van der Waals surface area (Å²) in [5, 5.41) is 16.0. The summed E-state index contributed by atoms with van der Waals surface area (Å²) in [6, 6.07) is 0. The predicted molar refractivity (Wildman–Crippen MR) is 80.0 cm³/mol. The van der Waals surface area contributed by atoms with Crippen molar-refractivity contribution >= 4 is 0 Å². The predicted octanol–water partition coefficient (Wildman–Crippen LogP) is 2.95. The number of nitrogens with zero attached hydrogens (tertiary/aromatic N) is 2. The quantitative estimate of drug-likeness (QED) is 0.927. The molecular weight excluding hydrogens is 264 g/mol. The lowest BCUT2D eigenvalue weighted by Gasteiger charge is -2.39. The topological polar surface area (TPSA) is 47.3 Å². The summed E-state index contributed by atoms with van der Waals surface area (Å²) in [5.74, 6) is 3.50. The Kier molecular flexibility index (Phi) is 3.07. The zero-order valence-corrected chi connectivity index (χ0v) is 13.1. The van der Waals surface area contributed by atoms with Gasteiger partial charge in [0.2, 0.25) is 0 Å². The molecule has 4 heteroatoms. The molecule has 0 amide bonds. The van der Waals surface area contributed by atoms with Crippen molar-refractivity contribution in [3.05, 3.63) is 11.9 Å². The van der Waals surface area contributed by atoms with Crippen molar-refractivity contribution in [3.63, 3.8) is 0 Å². The SMILES string of the molecule is CCCn1ncc(OC)c1C1(O)CC2CC1C1CCCC21. The van der Waals surface area contributed by atoms with Crippen molar-refractivity contribution in [1.29, 1.82) is 0 Å². The number of hydrogen-bond donors (Lipinski definition) is 1. The van der Waals surface area contributed by atoms with E-state index in [4.69, 9.17) is 4.74 Å². The van der Waals surface area contributed by atoms with Gasteiger partial charge in [0.25, 0.3) is 0 Å².